The van der Waals surface area contributed by atoms with Crippen LogP contribution in [0.5, 0.6) is 0 Å². The Balaban J connectivity index is 2.73. The van der Waals surface area contributed by atoms with Gasteiger partial charge in [0.15, 0.2) is 0 Å². The van der Waals surface area contributed by atoms with Gasteiger partial charge in [0, 0.05) is 6.61 Å². The summed E-state index contributed by atoms with van der Waals surface area (Å²) < 4.78 is 1.82. The Bertz CT molecular complexity index is 353. The largest absolute Gasteiger partial charge is 0.396 e. The van der Waals surface area contributed by atoms with Crippen molar-refractivity contribution in [2.45, 2.75) is 39.2 Å². The normalized spacial score (nSPS) is 12.4. The van der Waals surface area contributed by atoms with Crippen LogP contribution in [0.1, 0.15) is 37.2 Å². The number of nitrogens with zero attached hydrogens (tertiary/aromatic N) is 4. The van der Waals surface area contributed by atoms with Gasteiger partial charge in [0.1, 0.15) is 0 Å². The Labute approximate surface area is 89.3 Å². The maximum absolute atomic E-state index is 8.73. The molecule has 1 aromatic heterocycles. The predicted molar refractivity (Wildman–Crippen MR) is 55.1 cm³/mol. The molecular weight excluding hydrogens is 192 g/mol. The fourth-order valence-electron chi connectivity index (χ4n) is 1.54. The van der Waals surface area contributed by atoms with Crippen LogP contribution in [0.25, 0.3) is 0 Å². The van der Waals surface area contributed by atoms with Crippen LogP contribution in [-0.4, -0.2) is 26.7 Å². The average molecular weight is 208 g/mol. The van der Waals surface area contributed by atoms with E-state index in [0.29, 0.717) is 6.42 Å². The smallest absolute Gasteiger partial charge is 0.0996 e. The zero-order valence-electron chi connectivity index (χ0n) is 9.14. The summed E-state index contributed by atoms with van der Waals surface area (Å²) in [7, 11) is 0. The van der Waals surface area contributed by atoms with Crippen molar-refractivity contribution in [3.05, 3.63) is 11.4 Å². The number of rotatable bonds is 5. The van der Waals surface area contributed by atoms with Crippen LogP contribution in [0, 0.1) is 18.3 Å². The van der Waals surface area contributed by atoms with Gasteiger partial charge in [-0.25, -0.2) is 4.68 Å². The molecule has 0 amide bonds. The molecule has 0 spiro atoms. The van der Waals surface area contributed by atoms with Crippen molar-refractivity contribution in [1.29, 1.82) is 5.26 Å². The van der Waals surface area contributed by atoms with Gasteiger partial charge in [-0.3, -0.25) is 0 Å². The summed E-state index contributed by atoms with van der Waals surface area (Å²) in [6.45, 7) is 4.15. The molecule has 0 saturated carbocycles. The van der Waals surface area contributed by atoms with Crippen LogP contribution >= 0.6 is 0 Å². The summed E-state index contributed by atoms with van der Waals surface area (Å²) in [4.78, 5) is 0. The highest BCUT2D eigenvalue weighted by molar-refractivity contribution is 5.12. The first-order valence-electron chi connectivity index (χ1n) is 5.09. The van der Waals surface area contributed by atoms with E-state index in [1.165, 1.54) is 0 Å². The van der Waals surface area contributed by atoms with Crippen LogP contribution < -0.4 is 0 Å². The molecule has 1 aromatic rings. The topological polar surface area (TPSA) is 74.7 Å². The first-order chi connectivity index (χ1) is 7.20. The molecule has 0 fully saturated rings. The highest BCUT2D eigenvalue weighted by Crippen LogP contribution is 2.15. The molecule has 0 bridgehead atoms. The van der Waals surface area contributed by atoms with Crippen molar-refractivity contribution >= 4 is 0 Å². The van der Waals surface area contributed by atoms with Crippen LogP contribution in [0.2, 0.25) is 0 Å². The van der Waals surface area contributed by atoms with E-state index in [1.54, 1.807) is 0 Å². The molecule has 0 aliphatic carbocycles. The highest BCUT2D eigenvalue weighted by Gasteiger charge is 2.12. The van der Waals surface area contributed by atoms with E-state index < -0.39 is 0 Å². The minimum Gasteiger partial charge on any atom is -0.396 e. The molecule has 1 N–H and O–H groups in total. The van der Waals surface area contributed by atoms with E-state index in [4.69, 9.17) is 10.4 Å². The molecule has 15 heavy (non-hydrogen) atoms. The zero-order valence-corrected chi connectivity index (χ0v) is 9.14. The Morgan fingerprint density at radius 3 is 2.93 bits per heavy atom. The van der Waals surface area contributed by atoms with Gasteiger partial charge in [-0.15, -0.1) is 5.10 Å². The minimum absolute atomic E-state index is 0.198. The number of nitriles is 1. The molecule has 0 aliphatic rings. The maximum Gasteiger partial charge on any atom is 0.0996 e. The van der Waals surface area contributed by atoms with E-state index >= 15 is 0 Å². The van der Waals surface area contributed by atoms with Crippen molar-refractivity contribution in [2.24, 2.45) is 0 Å². The zero-order chi connectivity index (χ0) is 11.3. The lowest BCUT2D eigenvalue weighted by molar-refractivity contribution is 0.270. The number of aliphatic hydroxyl groups excluding tert-OH is 1. The molecule has 5 heteroatoms. The van der Waals surface area contributed by atoms with Gasteiger partial charge >= 0.3 is 0 Å². The van der Waals surface area contributed by atoms with Crippen LogP contribution in [0.3, 0.4) is 0 Å². The fraction of sp³-hybridized carbons (Fsp3) is 0.700. The Hall–Kier alpha value is -1.41. The van der Waals surface area contributed by atoms with Gasteiger partial charge in [-0.2, -0.15) is 5.26 Å². The fourth-order valence-corrected chi connectivity index (χ4v) is 1.54. The third-order valence-electron chi connectivity index (χ3n) is 2.47. The van der Waals surface area contributed by atoms with Gasteiger partial charge in [-0.1, -0.05) is 5.21 Å². The summed E-state index contributed by atoms with van der Waals surface area (Å²) in [6, 6.07) is 2.28. The Morgan fingerprint density at radius 1 is 1.60 bits per heavy atom. The van der Waals surface area contributed by atoms with Crippen molar-refractivity contribution in [1.82, 2.24) is 15.0 Å². The van der Waals surface area contributed by atoms with E-state index in [9.17, 15) is 0 Å². The Kier molecular flexibility index (Phi) is 4.25. The van der Waals surface area contributed by atoms with Crippen molar-refractivity contribution in [3.8, 4) is 6.07 Å². The summed E-state index contributed by atoms with van der Waals surface area (Å²) in [5.74, 6) is 0. The third kappa shape index (κ3) is 2.77. The average Bonchev–Trinajstić information content (AvgIpc) is 2.58. The SMILES string of the molecule is Cc1c(CC#N)nnn1C(C)CCCO. The Morgan fingerprint density at radius 2 is 2.33 bits per heavy atom. The summed E-state index contributed by atoms with van der Waals surface area (Å²) >= 11 is 0. The lowest BCUT2D eigenvalue weighted by Crippen LogP contribution is -2.09. The molecule has 0 aromatic carbocycles. The molecule has 1 atom stereocenters. The number of aromatic nitrogens is 3. The van der Waals surface area contributed by atoms with Gasteiger partial charge in [0.2, 0.25) is 0 Å². The van der Waals surface area contributed by atoms with Crippen LogP contribution in [-0.2, 0) is 6.42 Å². The monoisotopic (exact) mass is 208 g/mol. The first kappa shape index (κ1) is 11.7. The summed E-state index contributed by atoms with van der Waals surface area (Å²) in [5.41, 5.74) is 1.69. The van der Waals surface area contributed by atoms with Crippen molar-refractivity contribution < 1.29 is 5.11 Å². The molecule has 1 rings (SSSR count). The van der Waals surface area contributed by atoms with E-state index in [2.05, 4.69) is 16.4 Å². The molecular formula is C10H16N4O. The van der Waals surface area contributed by atoms with Gasteiger partial charge in [0.25, 0.3) is 0 Å². The number of aliphatic hydroxyl groups is 1. The second-order valence-corrected chi connectivity index (χ2v) is 3.62. The standard InChI is InChI=1S/C10H16N4O/c1-8(4-3-7-15)14-9(2)10(5-6-11)12-13-14/h8,15H,3-5,7H2,1-2H3. The first-order valence-corrected chi connectivity index (χ1v) is 5.09. The van der Waals surface area contributed by atoms with Gasteiger partial charge in [0.05, 0.1) is 29.9 Å². The lowest BCUT2D eigenvalue weighted by atomic mass is 10.2. The third-order valence-corrected chi connectivity index (χ3v) is 2.47. The number of hydrogen-bond acceptors (Lipinski definition) is 4. The van der Waals surface area contributed by atoms with Crippen LogP contribution in [0.15, 0.2) is 0 Å². The second-order valence-electron chi connectivity index (χ2n) is 3.62. The van der Waals surface area contributed by atoms with E-state index in [-0.39, 0.29) is 12.6 Å². The van der Waals surface area contributed by atoms with E-state index in [0.717, 1.165) is 24.2 Å². The molecule has 82 valence electrons. The number of hydrogen-bond donors (Lipinski definition) is 1. The van der Waals surface area contributed by atoms with Gasteiger partial charge in [-0.05, 0) is 26.7 Å². The lowest BCUT2D eigenvalue weighted by Gasteiger charge is -2.12. The van der Waals surface area contributed by atoms with E-state index in [1.807, 2.05) is 18.5 Å². The van der Waals surface area contributed by atoms with Crippen molar-refractivity contribution in [3.63, 3.8) is 0 Å². The molecule has 5 nitrogen and oxygen atoms in total. The highest BCUT2D eigenvalue weighted by atomic mass is 16.2. The molecule has 1 heterocycles. The molecule has 0 radical (unpaired) electrons. The van der Waals surface area contributed by atoms with Crippen molar-refractivity contribution in [2.75, 3.05) is 6.61 Å². The quantitative estimate of drug-likeness (QED) is 0.782. The second kappa shape index (κ2) is 5.47. The molecule has 0 saturated heterocycles. The molecule has 0 aliphatic heterocycles. The predicted octanol–water partition coefficient (Wildman–Crippen LogP) is 0.986. The molecule has 1 unspecified atom stereocenters. The minimum atomic E-state index is 0.198. The van der Waals surface area contributed by atoms with Crippen LogP contribution in [0.4, 0.5) is 0 Å². The summed E-state index contributed by atoms with van der Waals surface area (Å²) in [5, 5.41) is 25.3. The summed E-state index contributed by atoms with van der Waals surface area (Å²) in [6.07, 6.45) is 1.93. The van der Waals surface area contributed by atoms with Gasteiger partial charge < -0.3 is 5.11 Å². The maximum atomic E-state index is 8.73.